The summed E-state index contributed by atoms with van der Waals surface area (Å²) in [6, 6.07) is 23.1. The average molecular weight is 338 g/mol. The van der Waals surface area contributed by atoms with Gasteiger partial charge in [0, 0.05) is 24.8 Å². The predicted molar refractivity (Wildman–Crippen MR) is 106 cm³/mol. The van der Waals surface area contributed by atoms with Gasteiger partial charge in [0.05, 0.1) is 0 Å². The van der Waals surface area contributed by atoms with Gasteiger partial charge in [-0.25, -0.2) is 4.98 Å². The van der Waals surface area contributed by atoms with Crippen LogP contribution in [-0.4, -0.2) is 16.4 Å². The zero-order valence-electron chi connectivity index (χ0n) is 14.9. The van der Waals surface area contributed by atoms with Crippen molar-refractivity contribution in [1.29, 1.82) is 0 Å². The molecule has 2 nitrogen and oxygen atoms in total. The number of pyridine rings is 1. The van der Waals surface area contributed by atoms with Crippen LogP contribution in [0.4, 0.5) is 0 Å². The first-order valence-corrected chi connectivity index (χ1v) is 9.18. The van der Waals surface area contributed by atoms with Crippen molar-refractivity contribution in [3.63, 3.8) is 0 Å². The number of hydrogen-bond donors (Lipinski definition) is 0. The van der Waals surface area contributed by atoms with Gasteiger partial charge in [0.15, 0.2) is 0 Å². The molecule has 0 atom stereocenters. The number of hydrogen-bond acceptors (Lipinski definition) is 2. The summed E-state index contributed by atoms with van der Waals surface area (Å²) < 4.78 is 0. The quantitative estimate of drug-likeness (QED) is 0.654. The molecule has 0 fully saturated rings. The predicted octanol–water partition coefficient (Wildman–Crippen LogP) is 4.43. The first-order valence-electron chi connectivity index (χ1n) is 9.18. The van der Waals surface area contributed by atoms with Gasteiger partial charge in [-0.3, -0.25) is 4.90 Å². The molecule has 2 aromatic carbocycles. The van der Waals surface area contributed by atoms with E-state index in [1.807, 2.05) is 18.2 Å². The molecule has 0 amide bonds. The van der Waals surface area contributed by atoms with Crippen LogP contribution in [0.2, 0.25) is 0 Å². The summed E-state index contributed by atoms with van der Waals surface area (Å²) >= 11 is 0. The van der Waals surface area contributed by atoms with Crippen LogP contribution in [0.15, 0.2) is 72.9 Å². The van der Waals surface area contributed by atoms with E-state index < -0.39 is 0 Å². The van der Waals surface area contributed by atoms with Crippen LogP contribution in [0.1, 0.15) is 34.4 Å². The lowest BCUT2D eigenvalue weighted by Gasteiger charge is -2.14. The Morgan fingerprint density at radius 1 is 0.846 bits per heavy atom. The van der Waals surface area contributed by atoms with E-state index in [1.54, 1.807) is 6.20 Å². The summed E-state index contributed by atoms with van der Waals surface area (Å²) in [5, 5.41) is 0. The van der Waals surface area contributed by atoms with Gasteiger partial charge in [-0.15, -0.1) is 0 Å². The molecule has 0 saturated carbocycles. The highest BCUT2D eigenvalue weighted by Gasteiger charge is 2.17. The minimum absolute atomic E-state index is 0.812. The third kappa shape index (κ3) is 4.20. The lowest BCUT2D eigenvalue weighted by Crippen LogP contribution is -2.18. The van der Waals surface area contributed by atoms with Crippen molar-refractivity contribution < 1.29 is 0 Å². The van der Waals surface area contributed by atoms with Crippen molar-refractivity contribution in [2.75, 3.05) is 6.54 Å². The SMILES string of the molecule is C(#Cc1ccccn1)c1cccc(CCCN2Cc3ccccc3C2)c1. The van der Waals surface area contributed by atoms with E-state index in [0.717, 1.165) is 37.3 Å². The Bertz CT molecular complexity index is 910. The number of rotatable bonds is 4. The van der Waals surface area contributed by atoms with Crippen LogP contribution < -0.4 is 0 Å². The van der Waals surface area contributed by atoms with Gasteiger partial charge in [0.2, 0.25) is 0 Å². The highest BCUT2D eigenvalue weighted by Crippen LogP contribution is 2.22. The van der Waals surface area contributed by atoms with E-state index in [4.69, 9.17) is 0 Å². The molecular formula is C24H22N2. The first kappa shape index (κ1) is 16.6. The summed E-state index contributed by atoms with van der Waals surface area (Å²) in [6.07, 6.45) is 4.04. The smallest absolute Gasteiger partial charge is 0.113 e. The molecule has 2 heterocycles. The van der Waals surface area contributed by atoms with Gasteiger partial charge in [0.1, 0.15) is 5.69 Å². The Morgan fingerprint density at radius 2 is 1.65 bits per heavy atom. The number of fused-ring (bicyclic) bond motifs is 1. The van der Waals surface area contributed by atoms with Gasteiger partial charge < -0.3 is 0 Å². The zero-order valence-corrected chi connectivity index (χ0v) is 14.9. The fourth-order valence-electron chi connectivity index (χ4n) is 3.45. The van der Waals surface area contributed by atoms with E-state index in [-0.39, 0.29) is 0 Å². The number of benzene rings is 2. The number of aromatic nitrogens is 1. The second-order valence-corrected chi connectivity index (χ2v) is 6.75. The van der Waals surface area contributed by atoms with Gasteiger partial charge in [-0.1, -0.05) is 48.4 Å². The largest absolute Gasteiger partial charge is 0.295 e. The van der Waals surface area contributed by atoms with Gasteiger partial charge in [-0.05, 0) is 66.3 Å². The molecule has 1 aliphatic rings. The lowest BCUT2D eigenvalue weighted by molar-refractivity contribution is 0.280. The standard InChI is InChI=1S/C24H22N2/c1-2-11-23-19-26(18-22(23)10-1)16-6-9-20-7-5-8-21(17-20)13-14-24-12-3-4-15-25-24/h1-5,7-8,10-12,15,17H,6,9,16,18-19H2. The van der Waals surface area contributed by atoms with E-state index in [1.165, 1.54) is 23.1 Å². The highest BCUT2D eigenvalue weighted by molar-refractivity contribution is 5.41. The summed E-state index contributed by atoms with van der Waals surface area (Å²) in [6.45, 7) is 3.32. The van der Waals surface area contributed by atoms with Crippen LogP contribution in [-0.2, 0) is 19.5 Å². The maximum atomic E-state index is 4.25. The van der Waals surface area contributed by atoms with Crippen molar-refractivity contribution >= 4 is 0 Å². The van der Waals surface area contributed by atoms with E-state index in [9.17, 15) is 0 Å². The maximum absolute atomic E-state index is 4.25. The second-order valence-electron chi connectivity index (χ2n) is 6.75. The minimum atomic E-state index is 0.812. The Balaban J connectivity index is 1.32. The summed E-state index contributed by atoms with van der Waals surface area (Å²) in [4.78, 5) is 6.79. The second kappa shape index (κ2) is 7.99. The van der Waals surface area contributed by atoms with Gasteiger partial charge >= 0.3 is 0 Å². The van der Waals surface area contributed by atoms with Crippen LogP contribution in [0.3, 0.4) is 0 Å². The third-order valence-electron chi connectivity index (χ3n) is 4.77. The Morgan fingerprint density at radius 3 is 2.42 bits per heavy atom. The van der Waals surface area contributed by atoms with Crippen molar-refractivity contribution in [3.8, 4) is 11.8 Å². The van der Waals surface area contributed by atoms with E-state index in [0.29, 0.717) is 0 Å². The first-order chi connectivity index (χ1) is 12.9. The Labute approximate surface area is 155 Å². The Hall–Kier alpha value is -2.89. The van der Waals surface area contributed by atoms with Crippen molar-refractivity contribution in [1.82, 2.24) is 9.88 Å². The molecule has 3 aromatic rings. The molecule has 2 heteroatoms. The summed E-state index contributed by atoms with van der Waals surface area (Å²) in [5.41, 5.74) is 6.20. The van der Waals surface area contributed by atoms with Crippen LogP contribution in [0, 0.1) is 11.8 Å². The average Bonchev–Trinajstić information content (AvgIpc) is 3.10. The highest BCUT2D eigenvalue weighted by atomic mass is 15.1. The molecular weight excluding hydrogens is 316 g/mol. The maximum Gasteiger partial charge on any atom is 0.113 e. The summed E-state index contributed by atoms with van der Waals surface area (Å²) in [5.74, 6) is 6.35. The topological polar surface area (TPSA) is 16.1 Å². The van der Waals surface area contributed by atoms with E-state index >= 15 is 0 Å². The van der Waals surface area contributed by atoms with E-state index in [2.05, 4.69) is 70.3 Å². The van der Waals surface area contributed by atoms with Crippen LogP contribution in [0.5, 0.6) is 0 Å². The lowest BCUT2D eigenvalue weighted by atomic mass is 10.1. The zero-order chi connectivity index (χ0) is 17.6. The third-order valence-corrected chi connectivity index (χ3v) is 4.77. The van der Waals surface area contributed by atoms with Crippen molar-refractivity contribution in [2.24, 2.45) is 0 Å². The molecule has 1 aliphatic heterocycles. The number of aryl methyl sites for hydroxylation is 1. The molecule has 1 aromatic heterocycles. The monoisotopic (exact) mass is 338 g/mol. The normalized spacial score (nSPS) is 13.1. The van der Waals surface area contributed by atoms with Crippen molar-refractivity contribution in [3.05, 3.63) is 101 Å². The Kier molecular flexibility index (Phi) is 5.09. The molecule has 0 saturated heterocycles. The van der Waals surface area contributed by atoms with Gasteiger partial charge in [0.25, 0.3) is 0 Å². The molecule has 128 valence electrons. The summed E-state index contributed by atoms with van der Waals surface area (Å²) in [7, 11) is 0. The molecule has 0 aliphatic carbocycles. The molecule has 4 rings (SSSR count). The number of nitrogens with zero attached hydrogens (tertiary/aromatic N) is 2. The molecule has 0 radical (unpaired) electrons. The van der Waals surface area contributed by atoms with Crippen LogP contribution >= 0.6 is 0 Å². The molecule has 26 heavy (non-hydrogen) atoms. The molecule has 0 N–H and O–H groups in total. The van der Waals surface area contributed by atoms with Crippen molar-refractivity contribution in [2.45, 2.75) is 25.9 Å². The minimum Gasteiger partial charge on any atom is -0.295 e. The fourth-order valence-corrected chi connectivity index (χ4v) is 3.45. The van der Waals surface area contributed by atoms with Gasteiger partial charge in [-0.2, -0.15) is 0 Å². The molecule has 0 unspecified atom stereocenters. The molecule has 0 bridgehead atoms. The molecule has 0 spiro atoms. The van der Waals surface area contributed by atoms with Crippen LogP contribution in [0.25, 0.3) is 0 Å². The fraction of sp³-hybridized carbons (Fsp3) is 0.208.